The summed E-state index contributed by atoms with van der Waals surface area (Å²) in [4.78, 5) is 0. The molecule has 2 rings (SSSR count). The fourth-order valence-electron chi connectivity index (χ4n) is 1.09. The Kier molecular flexibility index (Phi) is 1.54. The van der Waals surface area contributed by atoms with Gasteiger partial charge in [-0.15, -0.1) is 10.2 Å². The number of nitrogens with zero attached hydrogens (tertiary/aromatic N) is 3. The number of nitrogens with two attached hydrogens (primary N) is 1. The highest BCUT2D eigenvalue weighted by Gasteiger charge is 2.04. The largest absolute Gasteiger partial charge is 0.396 e. The molecule has 62 valence electrons. The lowest BCUT2D eigenvalue weighted by Gasteiger charge is -1.98. The van der Waals surface area contributed by atoms with Gasteiger partial charge in [-0.2, -0.15) is 0 Å². The fourth-order valence-corrected chi connectivity index (χ4v) is 1.55. The molecule has 0 aliphatic carbocycles. The molecule has 0 fully saturated rings. The molecular formula is C7H7BrN4. The number of pyridine rings is 1. The van der Waals surface area contributed by atoms with Gasteiger partial charge in [0.1, 0.15) is 5.82 Å². The van der Waals surface area contributed by atoms with E-state index < -0.39 is 0 Å². The van der Waals surface area contributed by atoms with Crippen molar-refractivity contribution in [3.05, 3.63) is 22.6 Å². The van der Waals surface area contributed by atoms with E-state index in [-0.39, 0.29) is 0 Å². The molecule has 5 heteroatoms. The van der Waals surface area contributed by atoms with Gasteiger partial charge >= 0.3 is 0 Å². The maximum absolute atomic E-state index is 5.72. The zero-order valence-corrected chi connectivity index (χ0v) is 8.04. The molecule has 0 aliphatic rings. The van der Waals surface area contributed by atoms with E-state index in [1.807, 2.05) is 23.6 Å². The Morgan fingerprint density at radius 2 is 2.25 bits per heavy atom. The van der Waals surface area contributed by atoms with Crippen LogP contribution in [0.4, 0.5) is 5.69 Å². The lowest BCUT2D eigenvalue weighted by molar-refractivity contribution is 1.00. The van der Waals surface area contributed by atoms with E-state index in [0.717, 1.165) is 10.3 Å². The number of halogens is 1. The van der Waals surface area contributed by atoms with Gasteiger partial charge in [0.2, 0.25) is 0 Å². The molecule has 0 aliphatic heterocycles. The van der Waals surface area contributed by atoms with Crippen molar-refractivity contribution in [1.82, 2.24) is 14.6 Å². The first-order chi connectivity index (χ1) is 5.68. The number of anilines is 1. The van der Waals surface area contributed by atoms with Crippen LogP contribution in [0.3, 0.4) is 0 Å². The van der Waals surface area contributed by atoms with Crippen molar-refractivity contribution in [3.8, 4) is 0 Å². The Hall–Kier alpha value is -1.10. The summed E-state index contributed by atoms with van der Waals surface area (Å²) < 4.78 is 2.77. The number of nitrogen functional groups attached to an aromatic ring is 1. The topological polar surface area (TPSA) is 56.2 Å². The lowest BCUT2D eigenvalue weighted by atomic mass is 10.4. The summed E-state index contributed by atoms with van der Waals surface area (Å²) in [5, 5.41) is 7.84. The third-order valence-corrected chi connectivity index (χ3v) is 2.10. The summed E-state index contributed by atoms with van der Waals surface area (Å²) >= 11 is 3.35. The summed E-state index contributed by atoms with van der Waals surface area (Å²) in [5.41, 5.74) is 7.05. The van der Waals surface area contributed by atoms with Crippen LogP contribution in [0.5, 0.6) is 0 Å². The monoisotopic (exact) mass is 226 g/mol. The predicted octanol–water partition coefficient (Wildman–Crippen LogP) is 1.38. The summed E-state index contributed by atoms with van der Waals surface area (Å²) in [6.07, 6.45) is 1.89. The molecule has 0 atom stereocenters. The van der Waals surface area contributed by atoms with E-state index in [1.54, 1.807) is 0 Å². The van der Waals surface area contributed by atoms with Crippen LogP contribution in [0, 0.1) is 6.92 Å². The number of aryl methyl sites for hydroxylation is 1. The highest BCUT2D eigenvalue weighted by atomic mass is 79.9. The van der Waals surface area contributed by atoms with Crippen LogP contribution in [-0.2, 0) is 0 Å². The van der Waals surface area contributed by atoms with Gasteiger partial charge in [0.05, 0.1) is 5.69 Å². The highest BCUT2D eigenvalue weighted by molar-refractivity contribution is 9.10. The first-order valence-electron chi connectivity index (χ1n) is 3.45. The van der Waals surface area contributed by atoms with Gasteiger partial charge in [-0.05, 0) is 28.9 Å². The molecule has 2 heterocycles. The molecule has 2 N–H and O–H groups in total. The number of aromatic nitrogens is 3. The molecule has 0 saturated heterocycles. The van der Waals surface area contributed by atoms with Crippen molar-refractivity contribution in [3.63, 3.8) is 0 Å². The van der Waals surface area contributed by atoms with E-state index in [1.165, 1.54) is 0 Å². The zero-order chi connectivity index (χ0) is 8.72. The Morgan fingerprint density at radius 1 is 1.50 bits per heavy atom. The van der Waals surface area contributed by atoms with Gasteiger partial charge < -0.3 is 5.73 Å². The Labute approximate surface area is 77.5 Å². The quantitative estimate of drug-likeness (QED) is 0.739. The molecule has 2 aromatic heterocycles. The van der Waals surface area contributed by atoms with Gasteiger partial charge in [-0.3, -0.25) is 4.40 Å². The minimum Gasteiger partial charge on any atom is -0.396 e. The summed E-state index contributed by atoms with van der Waals surface area (Å²) in [6.45, 7) is 1.88. The average molecular weight is 227 g/mol. The maximum atomic E-state index is 5.72. The Bertz CT molecular complexity index is 434. The van der Waals surface area contributed by atoms with E-state index in [9.17, 15) is 0 Å². The smallest absolute Gasteiger partial charge is 0.184 e. The molecule has 4 nitrogen and oxygen atoms in total. The molecule has 0 spiro atoms. The van der Waals surface area contributed by atoms with Crippen molar-refractivity contribution < 1.29 is 0 Å². The van der Waals surface area contributed by atoms with Crippen LogP contribution in [0.15, 0.2) is 16.7 Å². The Morgan fingerprint density at radius 3 is 3.00 bits per heavy atom. The van der Waals surface area contributed by atoms with Crippen LogP contribution >= 0.6 is 15.9 Å². The fraction of sp³-hybridized carbons (Fsp3) is 0.143. The zero-order valence-electron chi connectivity index (χ0n) is 6.45. The molecule has 0 bridgehead atoms. The maximum Gasteiger partial charge on any atom is 0.184 e. The van der Waals surface area contributed by atoms with Crippen LogP contribution in [-0.4, -0.2) is 14.6 Å². The minimum atomic E-state index is 0.630. The number of hydrogen-bond acceptors (Lipinski definition) is 3. The second-order valence-corrected chi connectivity index (χ2v) is 3.47. The minimum absolute atomic E-state index is 0.630. The summed E-state index contributed by atoms with van der Waals surface area (Å²) in [5.74, 6) is 0.831. The van der Waals surface area contributed by atoms with E-state index in [2.05, 4.69) is 26.1 Å². The van der Waals surface area contributed by atoms with E-state index >= 15 is 0 Å². The first-order valence-corrected chi connectivity index (χ1v) is 4.24. The van der Waals surface area contributed by atoms with Crippen molar-refractivity contribution >= 4 is 27.3 Å². The molecule has 0 aromatic carbocycles. The second kappa shape index (κ2) is 2.45. The van der Waals surface area contributed by atoms with Crippen molar-refractivity contribution in [1.29, 1.82) is 0 Å². The number of fused-ring (bicyclic) bond motifs is 1. The molecule has 0 unspecified atom stereocenters. The van der Waals surface area contributed by atoms with Gasteiger partial charge in [-0.1, -0.05) is 0 Å². The highest BCUT2D eigenvalue weighted by Crippen LogP contribution is 2.18. The third-order valence-electron chi connectivity index (χ3n) is 1.67. The van der Waals surface area contributed by atoms with Gasteiger partial charge in [0.25, 0.3) is 0 Å². The summed E-state index contributed by atoms with van der Waals surface area (Å²) in [7, 11) is 0. The van der Waals surface area contributed by atoms with Crippen LogP contribution in [0.1, 0.15) is 5.82 Å². The van der Waals surface area contributed by atoms with Crippen molar-refractivity contribution in [2.24, 2.45) is 0 Å². The third kappa shape index (κ3) is 0.972. The normalized spacial score (nSPS) is 10.8. The molecule has 12 heavy (non-hydrogen) atoms. The average Bonchev–Trinajstić information content (AvgIpc) is 2.33. The number of hydrogen-bond donors (Lipinski definition) is 1. The van der Waals surface area contributed by atoms with Crippen LogP contribution in [0.25, 0.3) is 5.65 Å². The molecule has 0 amide bonds. The van der Waals surface area contributed by atoms with Crippen molar-refractivity contribution in [2.75, 3.05) is 5.73 Å². The van der Waals surface area contributed by atoms with Crippen LogP contribution < -0.4 is 5.73 Å². The van der Waals surface area contributed by atoms with Crippen LogP contribution in [0.2, 0.25) is 0 Å². The van der Waals surface area contributed by atoms with Gasteiger partial charge in [0, 0.05) is 10.7 Å². The van der Waals surface area contributed by atoms with Crippen molar-refractivity contribution in [2.45, 2.75) is 6.92 Å². The molecule has 2 aromatic rings. The SMILES string of the molecule is Cc1nnc2c(N)cc(Br)cn12. The molecular weight excluding hydrogens is 220 g/mol. The second-order valence-electron chi connectivity index (χ2n) is 2.55. The predicted molar refractivity (Wildman–Crippen MR) is 49.8 cm³/mol. The Balaban J connectivity index is 2.92. The number of rotatable bonds is 0. The molecule has 0 saturated carbocycles. The van der Waals surface area contributed by atoms with E-state index in [0.29, 0.717) is 11.3 Å². The molecule has 0 radical (unpaired) electrons. The van der Waals surface area contributed by atoms with Gasteiger partial charge in [-0.25, -0.2) is 0 Å². The van der Waals surface area contributed by atoms with E-state index in [4.69, 9.17) is 5.73 Å². The summed E-state index contributed by atoms with van der Waals surface area (Å²) in [6, 6.07) is 1.81. The standard InChI is InChI=1S/C7H7BrN4/c1-4-10-11-7-6(9)2-5(8)3-12(4)7/h2-3H,9H2,1H3. The first kappa shape index (κ1) is 7.54. The van der Waals surface area contributed by atoms with Gasteiger partial charge in [0.15, 0.2) is 5.65 Å². The lowest BCUT2D eigenvalue weighted by Crippen LogP contribution is -1.93.